The molecule has 10 heteroatoms. The molecule has 1 N–H and O–H groups in total. The Morgan fingerprint density at radius 3 is 2.71 bits per heavy atom. The third kappa shape index (κ3) is 2.84. The van der Waals surface area contributed by atoms with Crippen molar-refractivity contribution in [2.75, 3.05) is 0 Å². The zero-order valence-corrected chi connectivity index (χ0v) is 11.1. The molecule has 0 aliphatic carbocycles. The van der Waals surface area contributed by atoms with Gasteiger partial charge in [0.25, 0.3) is 0 Å². The Morgan fingerprint density at radius 2 is 2.19 bits per heavy atom. The number of rotatable bonds is 4. The van der Waals surface area contributed by atoms with E-state index in [0.717, 1.165) is 10.8 Å². The van der Waals surface area contributed by atoms with Gasteiger partial charge in [-0.2, -0.15) is 0 Å². The van der Waals surface area contributed by atoms with Gasteiger partial charge in [-0.1, -0.05) is 0 Å². The zero-order valence-electron chi connectivity index (χ0n) is 11.1. The minimum absolute atomic E-state index is 0.211. The van der Waals surface area contributed by atoms with E-state index >= 15 is 0 Å². The average molecular weight is 299 g/mol. The fourth-order valence-corrected chi connectivity index (χ4v) is 2.22. The van der Waals surface area contributed by atoms with Crippen molar-refractivity contribution in [3.8, 4) is 0 Å². The van der Waals surface area contributed by atoms with E-state index in [9.17, 15) is 24.5 Å². The van der Waals surface area contributed by atoms with Crippen molar-refractivity contribution >= 4 is 11.7 Å². The molecule has 1 fully saturated rings. The highest BCUT2D eigenvalue weighted by molar-refractivity contribution is 5.72. The van der Waals surface area contributed by atoms with E-state index in [1.165, 1.54) is 7.05 Å². The lowest BCUT2D eigenvalue weighted by molar-refractivity contribution is -0.387. The Balaban J connectivity index is 2.33. The molecule has 0 saturated carbocycles. The topological polar surface area (TPSA) is 134 Å². The largest absolute Gasteiger partial charge is 0.479 e. The highest BCUT2D eigenvalue weighted by Crippen LogP contribution is 2.20. The molecule has 21 heavy (non-hydrogen) atoms. The summed E-state index contributed by atoms with van der Waals surface area (Å²) in [5.74, 6) is -1.11. The van der Waals surface area contributed by atoms with Gasteiger partial charge < -0.3 is 9.84 Å². The predicted molar refractivity (Wildman–Crippen MR) is 68.1 cm³/mol. The Morgan fingerprint density at radius 1 is 1.52 bits per heavy atom. The fraction of sp³-hybridized carbons (Fsp3) is 0.545. The van der Waals surface area contributed by atoms with Gasteiger partial charge in [-0.3, -0.25) is 24.0 Å². The number of hydrogen-bond donors (Lipinski definition) is 1. The Labute approximate surface area is 117 Å². The van der Waals surface area contributed by atoms with E-state index < -0.39 is 40.0 Å². The summed E-state index contributed by atoms with van der Waals surface area (Å²) in [7, 11) is 1.29. The molecule has 2 heterocycles. The number of ether oxygens (including phenoxy) is 1. The number of hydrogen-bond acceptors (Lipinski definition) is 6. The zero-order chi connectivity index (χ0) is 15.7. The van der Waals surface area contributed by atoms with Crippen molar-refractivity contribution in [3.05, 3.63) is 37.1 Å². The van der Waals surface area contributed by atoms with E-state index in [4.69, 9.17) is 9.84 Å². The second-order valence-electron chi connectivity index (χ2n) is 4.74. The number of carbonyl (C=O) groups is 1. The van der Waals surface area contributed by atoms with Crippen LogP contribution in [-0.2, 0) is 23.1 Å². The Kier molecular flexibility index (Phi) is 3.89. The second kappa shape index (κ2) is 5.48. The van der Waals surface area contributed by atoms with Gasteiger partial charge in [-0.15, -0.1) is 0 Å². The molecule has 2 rings (SSSR count). The molecular weight excluding hydrogens is 286 g/mol. The molecule has 1 aromatic rings. The number of aliphatic carboxylic acids is 1. The number of nitro groups is 1. The van der Waals surface area contributed by atoms with E-state index in [0.29, 0.717) is 11.0 Å². The van der Waals surface area contributed by atoms with Crippen molar-refractivity contribution < 1.29 is 19.6 Å². The van der Waals surface area contributed by atoms with Crippen LogP contribution in [0.4, 0.5) is 5.69 Å². The molecule has 1 aliphatic heterocycles. The van der Waals surface area contributed by atoms with Gasteiger partial charge in [-0.25, -0.2) is 9.59 Å². The van der Waals surface area contributed by atoms with Gasteiger partial charge in [0.15, 0.2) is 6.10 Å². The number of carboxylic acid groups (broad SMARTS) is 1. The molecule has 0 aromatic carbocycles. The molecule has 1 aliphatic rings. The van der Waals surface area contributed by atoms with Crippen LogP contribution in [0, 0.1) is 10.1 Å². The van der Waals surface area contributed by atoms with Crippen LogP contribution in [0.25, 0.3) is 0 Å². The minimum Gasteiger partial charge on any atom is -0.479 e. The van der Waals surface area contributed by atoms with Crippen LogP contribution in [0.15, 0.2) is 15.8 Å². The summed E-state index contributed by atoms with van der Waals surface area (Å²) in [4.78, 5) is 44.5. The van der Waals surface area contributed by atoms with Crippen LogP contribution in [0.5, 0.6) is 0 Å². The van der Waals surface area contributed by atoms with E-state index in [2.05, 4.69) is 0 Å². The van der Waals surface area contributed by atoms with Crippen molar-refractivity contribution in [2.45, 2.75) is 31.6 Å². The monoisotopic (exact) mass is 299 g/mol. The number of nitrogens with zero attached hydrogens (tertiary/aromatic N) is 3. The molecule has 0 bridgehead atoms. The van der Waals surface area contributed by atoms with Crippen LogP contribution in [0.3, 0.4) is 0 Å². The van der Waals surface area contributed by atoms with Gasteiger partial charge in [-0.05, 0) is 12.8 Å². The number of aryl methyl sites for hydroxylation is 1. The first kappa shape index (κ1) is 14.9. The van der Waals surface area contributed by atoms with Crippen molar-refractivity contribution in [1.29, 1.82) is 0 Å². The molecule has 1 aromatic heterocycles. The normalized spacial score (nSPS) is 21.4. The maximum atomic E-state index is 11.9. The highest BCUT2D eigenvalue weighted by Gasteiger charge is 2.32. The van der Waals surface area contributed by atoms with Gasteiger partial charge in [0.05, 0.1) is 23.8 Å². The summed E-state index contributed by atoms with van der Waals surface area (Å²) in [6, 6.07) is 0. The molecule has 10 nitrogen and oxygen atoms in total. The Hall–Kier alpha value is -2.49. The Bertz CT molecular complexity index is 705. The molecule has 0 spiro atoms. The summed E-state index contributed by atoms with van der Waals surface area (Å²) in [6.45, 7) is -0.211. The molecule has 0 amide bonds. The smallest absolute Gasteiger partial charge is 0.350 e. The predicted octanol–water partition coefficient (Wildman–Crippen LogP) is -0.913. The first-order chi connectivity index (χ1) is 9.81. The van der Waals surface area contributed by atoms with E-state index in [-0.39, 0.29) is 13.0 Å². The number of carboxylic acids is 1. The SMILES string of the molecule is Cn1cc([N+](=O)[O-])c(=O)n(CC2CCC(C(=O)O)O2)c1=O. The van der Waals surface area contributed by atoms with Gasteiger partial charge in [0.1, 0.15) is 0 Å². The van der Waals surface area contributed by atoms with Crippen molar-refractivity contribution in [2.24, 2.45) is 7.05 Å². The lowest BCUT2D eigenvalue weighted by atomic mass is 10.2. The number of aromatic nitrogens is 2. The van der Waals surface area contributed by atoms with Gasteiger partial charge in [0, 0.05) is 7.05 Å². The van der Waals surface area contributed by atoms with E-state index in [1.807, 2.05) is 0 Å². The van der Waals surface area contributed by atoms with Crippen LogP contribution in [0.1, 0.15) is 12.8 Å². The summed E-state index contributed by atoms with van der Waals surface area (Å²) in [5, 5.41) is 19.6. The lowest BCUT2D eigenvalue weighted by Crippen LogP contribution is -2.42. The highest BCUT2D eigenvalue weighted by atomic mass is 16.6. The maximum absolute atomic E-state index is 11.9. The molecular formula is C11H13N3O7. The molecule has 2 unspecified atom stereocenters. The molecule has 0 radical (unpaired) electrons. The summed E-state index contributed by atoms with van der Waals surface area (Å²) in [6.07, 6.45) is -0.137. The van der Waals surface area contributed by atoms with Crippen LogP contribution < -0.4 is 11.2 Å². The van der Waals surface area contributed by atoms with E-state index in [1.54, 1.807) is 0 Å². The second-order valence-corrected chi connectivity index (χ2v) is 4.74. The minimum atomic E-state index is -1.11. The first-order valence-electron chi connectivity index (χ1n) is 6.14. The van der Waals surface area contributed by atoms with Gasteiger partial charge >= 0.3 is 22.9 Å². The maximum Gasteiger partial charge on any atom is 0.350 e. The third-order valence-corrected chi connectivity index (χ3v) is 3.28. The van der Waals surface area contributed by atoms with Gasteiger partial charge in [0.2, 0.25) is 0 Å². The molecule has 2 atom stereocenters. The summed E-state index contributed by atoms with van der Waals surface area (Å²) < 4.78 is 6.83. The van der Waals surface area contributed by atoms with Crippen LogP contribution in [-0.4, -0.2) is 37.3 Å². The summed E-state index contributed by atoms with van der Waals surface area (Å²) in [5.41, 5.74) is -2.46. The van der Waals surface area contributed by atoms with Crippen LogP contribution in [0.2, 0.25) is 0 Å². The summed E-state index contributed by atoms with van der Waals surface area (Å²) >= 11 is 0. The molecule has 1 saturated heterocycles. The van der Waals surface area contributed by atoms with Crippen LogP contribution >= 0.6 is 0 Å². The third-order valence-electron chi connectivity index (χ3n) is 3.28. The first-order valence-corrected chi connectivity index (χ1v) is 6.14. The van der Waals surface area contributed by atoms with Crippen molar-refractivity contribution in [3.63, 3.8) is 0 Å². The molecule has 114 valence electrons. The quantitative estimate of drug-likeness (QED) is 0.561. The standard InChI is InChI=1S/C11H13N3O7/c1-12-5-7(14(19)20)9(15)13(11(12)18)4-6-2-3-8(21-6)10(16)17/h5-6,8H,2-4H2,1H3,(H,16,17). The fourth-order valence-electron chi connectivity index (χ4n) is 2.22. The van der Waals surface area contributed by atoms with Crippen molar-refractivity contribution in [1.82, 2.24) is 9.13 Å². The lowest BCUT2D eigenvalue weighted by Gasteiger charge is -2.13. The average Bonchev–Trinajstić information content (AvgIpc) is 2.87.